The Hall–Kier alpha value is -2.59. The number of nitrogens with zero attached hydrogens (tertiary/aromatic N) is 2. The number of aryl methyl sites for hydroxylation is 3. The number of amides is 1. The second-order valence-corrected chi connectivity index (χ2v) is 9.97. The van der Waals surface area contributed by atoms with E-state index in [1.165, 1.54) is 17.6 Å². The van der Waals surface area contributed by atoms with Crippen LogP contribution in [0.25, 0.3) is 10.2 Å². The highest BCUT2D eigenvalue weighted by molar-refractivity contribution is 7.98. The van der Waals surface area contributed by atoms with Crippen molar-refractivity contribution in [2.45, 2.75) is 44.9 Å². The van der Waals surface area contributed by atoms with Crippen molar-refractivity contribution < 1.29 is 18.7 Å². The van der Waals surface area contributed by atoms with E-state index in [1.54, 1.807) is 48.0 Å². The molecule has 0 aromatic carbocycles. The topological polar surface area (TPSA) is 105 Å². The zero-order valence-electron chi connectivity index (χ0n) is 18.3. The molecule has 0 saturated heterocycles. The molecule has 8 nitrogen and oxygen atoms in total. The average molecular weight is 476 g/mol. The highest BCUT2D eigenvalue weighted by Crippen LogP contribution is 2.34. The lowest BCUT2D eigenvalue weighted by molar-refractivity contribution is -0.130. The van der Waals surface area contributed by atoms with Gasteiger partial charge < -0.3 is 19.0 Å². The zero-order valence-corrected chi connectivity index (χ0v) is 19.9. The summed E-state index contributed by atoms with van der Waals surface area (Å²) in [7, 11) is 3.02. The summed E-state index contributed by atoms with van der Waals surface area (Å²) in [5.74, 6) is 2.32. The Morgan fingerprint density at radius 1 is 1.38 bits per heavy atom. The van der Waals surface area contributed by atoms with Crippen LogP contribution in [0.4, 0.5) is 0 Å². The first-order valence-corrected chi connectivity index (χ1v) is 12.4. The van der Waals surface area contributed by atoms with Crippen molar-refractivity contribution >= 4 is 45.2 Å². The van der Waals surface area contributed by atoms with Crippen LogP contribution in [0.1, 0.15) is 51.0 Å². The van der Waals surface area contributed by atoms with Gasteiger partial charge in [-0.1, -0.05) is 0 Å². The van der Waals surface area contributed by atoms with Gasteiger partial charge in [-0.25, -0.2) is 9.78 Å². The monoisotopic (exact) mass is 475 g/mol. The van der Waals surface area contributed by atoms with Crippen molar-refractivity contribution in [1.29, 1.82) is 0 Å². The minimum absolute atomic E-state index is 0.0299. The number of rotatable bonds is 8. The molecule has 0 atom stereocenters. The van der Waals surface area contributed by atoms with Crippen LogP contribution in [0.15, 0.2) is 15.3 Å². The highest BCUT2D eigenvalue weighted by Gasteiger charge is 2.21. The number of thioether (sulfide) groups is 1. The third kappa shape index (κ3) is 4.61. The Kier molecular flexibility index (Phi) is 6.71. The number of thiophene rings is 1. The molecule has 0 spiro atoms. The number of aromatic nitrogens is 2. The van der Waals surface area contributed by atoms with Gasteiger partial charge in [-0.05, 0) is 37.8 Å². The van der Waals surface area contributed by atoms with E-state index in [1.807, 2.05) is 0 Å². The molecule has 0 fully saturated rings. The number of esters is 1. The second kappa shape index (κ2) is 9.50. The quantitative estimate of drug-likeness (QED) is 0.393. The molecule has 1 amide bonds. The molecule has 0 unspecified atom stereocenters. The normalized spacial score (nSPS) is 12.8. The fourth-order valence-corrected chi connectivity index (χ4v) is 5.96. The Labute approximate surface area is 193 Å². The van der Waals surface area contributed by atoms with Gasteiger partial charge in [0, 0.05) is 24.1 Å². The predicted octanol–water partition coefficient (Wildman–Crippen LogP) is 3.44. The Morgan fingerprint density at radius 3 is 2.97 bits per heavy atom. The summed E-state index contributed by atoms with van der Waals surface area (Å²) >= 11 is 3.19. The average Bonchev–Trinajstić information content (AvgIpc) is 3.44. The van der Waals surface area contributed by atoms with Gasteiger partial charge in [0.2, 0.25) is 5.91 Å². The summed E-state index contributed by atoms with van der Waals surface area (Å²) in [6.07, 6.45) is 3.47. The first kappa shape index (κ1) is 22.6. The summed E-state index contributed by atoms with van der Waals surface area (Å²) in [5, 5.41) is 0.761. The lowest BCUT2D eigenvalue weighted by atomic mass is 10.2. The van der Waals surface area contributed by atoms with Crippen LogP contribution in [0.2, 0.25) is 0 Å². The SMILES string of the molecule is COC(=O)c1cc(CN(C)C(=O)CCSCc2nc3sc4c(c3c(=O)[nH]2)CCC4)oc1C. The molecule has 1 aliphatic carbocycles. The van der Waals surface area contributed by atoms with E-state index in [4.69, 9.17) is 9.15 Å². The Balaban J connectivity index is 1.28. The minimum Gasteiger partial charge on any atom is -0.465 e. The maximum atomic E-state index is 12.5. The fourth-order valence-electron chi connectivity index (χ4n) is 3.89. The number of carbonyl (C=O) groups excluding carboxylic acids is 2. The van der Waals surface area contributed by atoms with Gasteiger partial charge in [0.05, 0.1) is 24.8 Å². The summed E-state index contributed by atoms with van der Waals surface area (Å²) < 4.78 is 10.3. The van der Waals surface area contributed by atoms with Crippen LogP contribution in [0.3, 0.4) is 0 Å². The van der Waals surface area contributed by atoms with Gasteiger partial charge in [-0.15, -0.1) is 11.3 Å². The molecule has 1 N–H and O–H groups in total. The number of carbonyl (C=O) groups is 2. The van der Waals surface area contributed by atoms with E-state index in [0.29, 0.717) is 40.8 Å². The molecule has 32 heavy (non-hydrogen) atoms. The Morgan fingerprint density at radius 2 is 2.19 bits per heavy atom. The number of hydrogen-bond acceptors (Lipinski definition) is 8. The van der Waals surface area contributed by atoms with Crippen molar-refractivity contribution in [3.63, 3.8) is 0 Å². The maximum Gasteiger partial charge on any atom is 0.341 e. The first-order valence-electron chi connectivity index (χ1n) is 10.4. The van der Waals surface area contributed by atoms with E-state index in [9.17, 15) is 14.4 Å². The molecule has 0 bridgehead atoms. The summed E-state index contributed by atoms with van der Waals surface area (Å²) in [4.78, 5) is 47.9. The van der Waals surface area contributed by atoms with E-state index in [2.05, 4.69) is 9.97 Å². The van der Waals surface area contributed by atoms with Gasteiger partial charge >= 0.3 is 5.97 Å². The molecular formula is C22H25N3O5S2. The molecule has 4 rings (SSSR count). The van der Waals surface area contributed by atoms with E-state index >= 15 is 0 Å². The van der Waals surface area contributed by atoms with Gasteiger partial charge in [-0.2, -0.15) is 11.8 Å². The van der Waals surface area contributed by atoms with E-state index < -0.39 is 5.97 Å². The molecular weight excluding hydrogens is 450 g/mol. The number of H-pyrrole nitrogens is 1. The smallest absolute Gasteiger partial charge is 0.341 e. The largest absolute Gasteiger partial charge is 0.465 e. The molecule has 3 aromatic heterocycles. The molecule has 0 saturated carbocycles. The first-order chi connectivity index (χ1) is 15.4. The van der Waals surface area contributed by atoms with Gasteiger partial charge in [0.1, 0.15) is 27.7 Å². The van der Waals surface area contributed by atoms with Crippen LogP contribution in [-0.4, -0.2) is 46.7 Å². The van der Waals surface area contributed by atoms with Crippen LogP contribution in [0.5, 0.6) is 0 Å². The highest BCUT2D eigenvalue weighted by atomic mass is 32.2. The van der Waals surface area contributed by atoms with Crippen molar-refractivity contribution in [2.75, 3.05) is 19.9 Å². The molecule has 0 radical (unpaired) electrons. The zero-order chi connectivity index (χ0) is 22.8. The maximum absolute atomic E-state index is 12.5. The number of hydrogen-bond donors (Lipinski definition) is 1. The number of furan rings is 1. The lowest BCUT2D eigenvalue weighted by Crippen LogP contribution is -2.26. The molecule has 0 aliphatic heterocycles. The lowest BCUT2D eigenvalue weighted by Gasteiger charge is -2.15. The third-order valence-corrected chi connectivity index (χ3v) is 7.67. The number of nitrogens with one attached hydrogen (secondary N) is 1. The van der Waals surface area contributed by atoms with Crippen molar-refractivity contribution in [1.82, 2.24) is 14.9 Å². The molecule has 170 valence electrons. The van der Waals surface area contributed by atoms with Crippen molar-refractivity contribution in [3.05, 3.63) is 49.8 Å². The number of fused-ring (bicyclic) bond motifs is 3. The van der Waals surface area contributed by atoms with Crippen molar-refractivity contribution in [2.24, 2.45) is 0 Å². The van der Waals surface area contributed by atoms with Gasteiger partial charge in [-0.3, -0.25) is 9.59 Å². The molecule has 10 heteroatoms. The van der Waals surface area contributed by atoms with Crippen LogP contribution < -0.4 is 5.56 Å². The molecule has 3 heterocycles. The minimum atomic E-state index is -0.458. The second-order valence-electron chi connectivity index (χ2n) is 7.78. The van der Waals surface area contributed by atoms with Crippen LogP contribution in [0, 0.1) is 6.92 Å². The third-order valence-electron chi connectivity index (χ3n) is 5.52. The number of methoxy groups -OCH3 is 1. The van der Waals surface area contributed by atoms with Crippen LogP contribution >= 0.6 is 23.1 Å². The van der Waals surface area contributed by atoms with Gasteiger partial charge in [0.15, 0.2) is 0 Å². The molecule has 1 aliphatic rings. The number of ether oxygens (including phenoxy) is 1. The fraction of sp³-hybridized carbons (Fsp3) is 0.455. The van der Waals surface area contributed by atoms with E-state index in [-0.39, 0.29) is 18.0 Å². The van der Waals surface area contributed by atoms with Crippen molar-refractivity contribution in [3.8, 4) is 0 Å². The van der Waals surface area contributed by atoms with E-state index in [0.717, 1.165) is 29.5 Å². The Bertz CT molecular complexity index is 1230. The van der Waals surface area contributed by atoms with Crippen LogP contribution in [-0.2, 0) is 34.7 Å². The standard InChI is InChI=1S/C22H25N3O5S2/c1-12-15(22(28)29-3)9-13(30-12)10-25(2)18(26)7-8-31-11-17-23-20(27)19-14-5-4-6-16(14)32-21(19)24-17/h9H,4-8,10-11H2,1-3H3,(H,23,24,27). The predicted molar refractivity (Wildman–Crippen MR) is 124 cm³/mol. The van der Waals surface area contributed by atoms with Gasteiger partial charge in [0.25, 0.3) is 5.56 Å². The number of aromatic amines is 1. The summed E-state index contributed by atoms with van der Waals surface area (Å²) in [6.45, 7) is 1.96. The summed E-state index contributed by atoms with van der Waals surface area (Å²) in [5.41, 5.74) is 1.49. The molecule has 3 aromatic rings. The summed E-state index contributed by atoms with van der Waals surface area (Å²) in [6, 6.07) is 1.61.